The number of piperazine rings is 1. The zero-order valence-electron chi connectivity index (χ0n) is 21.3. The van der Waals surface area contributed by atoms with Crippen LogP contribution in [0.5, 0.6) is 0 Å². The van der Waals surface area contributed by atoms with E-state index >= 15 is 0 Å². The molecule has 2 aromatic heterocycles. The minimum atomic E-state index is 0.00904. The van der Waals surface area contributed by atoms with Crippen LogP contribution in [0.25, 0.3) is 10.2 Å². The lowest BCUT2D eigenvalue weighted by molar-refractivity contribution is -0.126. The van der Waals surface area contributed by atoms with Crippen LogP contribution in [0.15, 0.2) is 36.7 Å². The predicted octanol–water partition coefficient (Wildman–Crippen LogP) is 4.48. The average Bonchev–Trinajstić information content (AvgIpc) is 3.29. The normalized spacial score (nSPS) is 16.2. The topological polar surface area (TPSA) is 84.9 Å². The number of thiophene rings is 1. The molecule has 0 atom stereocenters. The van der Waals surface area contributed by atoms with E-state index in [-0.39, 0.29) is 11.9 Å². The van der Waals surface area contributed by atoms with Gasteiger partial charge in [0.2, 0.25) is 5.91 Å². The maximum Gasteiger partial charge on any atom is 0.319 e. The highest BCUT2D eigenvalue weighted by Crippen LogP contribution is 2.38. The summed E-state index contributed by atoms with van der Waals surface area (Å²) >= 11 is 13.8. The number of anilines is 2. The van der Waals surface area contributed by atoms with Crippen molar-refractivity contribution < 1.29 is 9.59 Å². The monoisotopic (exact) mass is 573 g/mol. The van der Waals surface area contributed by atoms with Crippen molar-refractivity contribution in [3.05, 3.63) is 57.2 Å². The van der Waals surface area contributed by atoms with Crippen LogP contribution in [-0.2, 0) is 17.8 Å². The lowest BCUT2D eigenvalue weighted by atomic mass is 10.0. The maximum absolute atomic E-state index is 13.0. The minimum Gasteiger partial charge on any atom is -0.340 e. The van der Waals surface area contributed by atoms with E-state index in [9.17, 15) is 9.59 Å². The van der Waals surface area contributed by atoms with Crippen molar-refractivity contribution in [1.29, 1.82) is 0 Å². The number of hydrogen-bond donors (Lipinski definition) is 1. The van der Waals surface area contributed by atoms with E-state index in [1.807, 2.05) is 21.9 Å². The second-order valence-corrected chi connectivity index (χ2v) is 11.4. The Morgan fingerprint density at radius 1 is 1.08 bits per heavy atom. The van der Waals surface area contributed by atoms with Crippen molar-refractivity contribution in [2.24, 2.45) is 0 Å². The predicted molar refractivity (Wildman–Crippen MR) is 153 cm³/mol. The molecule has 3 amide bonds. The molecule has 200 valence electrons. The molecule has 0 bridgehead atoms. The first-order chi connectivity index (χ1) is 18.3. The molecule has 3 aromatic rings. The second kappa shape index (κ2) is 11.4. The first kappa shape index (κ1) is 26.7. The van der Waals surface area contributed by atoms with E-state index < -0.39 is 0 Å². The van der Waals surface area contributed by atoms with Crippen molar-refractivity contribution in [2.75, 3.05) is 58.7 Å². The molecular weight excluding hydrogens is 545 g/mol. The summed E-state index contributed by atoms with van der Waals surface area (Å²) < 4.78 is 0. The molecule has 1 fully saturated rings. The van der Waals surface area contributed by atoms with Gasteiger partial charge in [0, 0.05) is 70.0 Å². The van der Waals surface area contributed by atoms with Gasteiger partial charge in [0.05, 0.1) is 22.0 Å². The van der Waals surface area contributed by atoms with E-state index in [0.717, 1.165) is 46.1 Å². The minimum absolute atomic E-state index is 0.00904. The highest BCUT2D eigenvalue weighted by Gasteiger charge is 2.26. The number of amides is 3. The van der Waals surface area contributed by atoms with Crippen LogP contribution in [0.2, 0.25) is 10.0 Å². The van der Waals surface area contributed by atoms with Crippen LogP contribution in [0, 0.1) is 0 Å². The highest BCUT2D eigenvalue weighted by atomic mass is 35.5. The molecule has 9 nitrogen and oxygen atoms in total. The Bertz CT molecular complexity index is 1390. The Kier molecular flexibility index (Phi) is 8.04. The zero-order valence-corrected chi connectivity index (χ0v) is 23.6. The number of halogens is 2. The van der Waals surface area contributed by atoms with Crippen LogP contribution in [0.3, 0.4) is 0 Å². The van der Waals surface area contributed by atoms with Crippen molar-refractivity contribution in [1.82, 2.24) is 29.6 Å². The third-order valence-corrected chi connectivity index (χ3v) is 8.64. The number of nitrogens with one attached hydrogen (secondary N) is 1. The van der Waals surface area contributed by atoms with Crippen LogP contribution < -0.4 is 5.32 Å². The Balaban J connectivity index is 1.21. The third kappa shape index (κ3) is 5.73. The fraction of sp³-hybridized carbons (Fsp3) is 0.385. The maximum atomic E-state index is 13.0. The summed E-state index contributed by atoms with van der Waals surface area (Å²) in [5, 5.41) is 5.31. The van der Waals surface area contributed by atoms with Gasteiger partial charge in [0.1, 0.15) is 17.0 Å². The SMILES string of the molecule is CN(C)C(=O)N1CCN(CC=CC(=O)N2CCc3c(sc4ncnc(Nc5ccc(Cl)c(Cl)c5)c34)C2)CC1. The molecule has 0 radical (unpaired) electrons. The van der Waals surface area contributed by atoms with Gasteiger partial charge < -0.3 is 20.0 Å². The summed E-state index contributed by atoms with van der Waals surface area (Å²) in [6.07, 6.45) is 5.88. The molecule has 2 aliphatic heterocycles. The molecule has 5 rings (SSSR count). The van der Waals surface area contributed by atoms with Crippen molar-refractivity contribution in [3.63, 3.8) is 0 Å². The quantitative estimate of drug-likeness (QED) is 0.453. The molecule has 0 unspecified atom stereocenters. The smallest absolute Gasteiger partial charge is 0.319 e. The van der Waals surface area contributed by atoms with E-state index in [1.54, 1.807) is 54.9 Å². The molecule has 1 N–H and O–H groups in total. The fourth-order valence-corrected chi connectivity index (χ4v) is 6.23. The molecule has 12 heteroatoms. The molecule has 2 aliphatic rings. The lowest BCUT2D eigenvalue weighted by Gasteiger charge is -2.35. The molecule has 1 aromatic carbocycles. The number of carbonyl (C=O) groups is 2. The first-order valence-corrected chi connectivity index (χ1v) is 14.0. The van der Waals surface area contributed by atoms with E-state index in [0.29, 0.717) is 42.8 Å². The number of rotatable bonds is 5. The highest BCUT2D eigenvalue weighted by molar-refractivity contribution is 7.19. The number of aromatic nitrogens is 2. The first-order valence-electron chi connectivity index (χ1n) is 12.4. The summed E-state index contributed by atoms with van der Waals surface area (Å²) in [4.78, 5) is 43.6. The number of urea groups is 1. The van der Waals surface area contributed by atoms with E-state index in [2.05, 4.69) is 20.2 Å². The Morgan fingerprint density at radius 2 is 1.87 bits per heavy atom. The summed E-state index contributed by atoms with van der Waals surface area (Å²) in [6.45, 7) is 4.87. The van der Waals surface area contributed by atoms with Gasteiger partial charge in [0.25, 0.3) is 0 Å². The largest absolute Gasteiger partial charge is 0.340 e. The molecule has 38 heavy (non-hydrogen) atoms. The van der Waals surface area contributed by atoms with Crippen molar-refractivity contribution >= 4 is 68.2 Å². The van der Waals surface area contributed by atoms with Gasteiger partial charge in [-0.3, -0.25) is 9.69 Å². The van der Waals surface area contributed by atoms with Gasteiger partial charge in [-0.05, 0) is 30.2 Å². The Labute approximate surface area is 235 Å². The zero-order chi connectivity index (χ0) is 26.8. The van der Waals surface area contributed by atoms with E-state index in [4.69, 9.17) is 23.2 Å². The van der Waals surface area contributed by atoms with Crippen LogP contribution in [-0.4, -0.2) is 94.9 Å². The number of fused-ring (bicyclic) bond motifs is 3. The fourth-order valence-electron chi connectivity index (χ4n) is 4.73. The van der Waals surface area contributed by atoms with Gasteiger partial charge in [-0.25, -0.2) is 14.8 Å². The molecule has 0 aliphatic carbocycles. The second-order valence-electron chi connectivity index (χ2n) is 9.54. The summed E-state index contributed by atoms with van der Waals surface area (Å²) in [5.74, 6) is 0.729. The van der Waals surface area contributed by atoms with Gasteiger partial charge in [-0.15, -0.1) is 11.3 Å². The van der Waals surface area contributed by atoms with Crippen LogP contribution >= 0.6 is 34.5 Å². The number of benzene rings is 1. The Morgan fingerprint density at radius 3 is 2.61 bits per heavy atom. The standard InChI is InChI=1S/C26H29Cl2N7O2S/c1-32(2)26(37)34-12-10-33(11-13-34)8-3-4-22(36)35-9-7-18-21(15-35)38-25-23(18)24(29-16-30-25)31-17-5-6-19(27)20(28)14-17/h3-6,14,16H,7-13,15H2,1-2H3,(H,29,30,31). The third-order valence-electron chi connectivity index (χ3n) is 6.78. The summed E-state index contributed by atoms with van der Waals surface area (Å²) in [5.41, 5.74) is 1.98. The van der Waals surface area contributed by atoms with Gasteiger partial charge >= 0.3 is 6.03 Å². The van der Waals surface area contributed by atoms with Crippen molar-refractivity contribution in [3.8, 4) is 0 Å². The molecule has 1 saturated heterocycles. The molecule has 0 spiro atoms. The lowest BCUT2D eigenvalue weighted by Crippen LogP contribution is -2.51. The van der Waals surface area contributed by atoms with Crippen molar-refractivity contribution in [2.45, 2.75) is 13.0 Å². The van der Waals surface area contributed by atoms with Crippen LogP contribution in [0.1, 0.15) is 10.4 Å². The Hall–Kier alpha value is -2.92. The summed E-state index contributed by atoms with van der Waals surface area (Å²) in [7, 11) is 3.54. The average molecular weight is 575 g/mol. The summed E-state index contributed by atoms with van der Waals surface area (Å²) in [6, 6.07) is 5.42. The van der Waals surface area contributed by atoms with Crippen LogP contribution in [0.4, 0.5) is 16.3 Å². The van der Waals surface area contributed by atoms with E-state index in [1.165, 1.54) is 5.56 Å². The molecule has 0 saturated carbocycles. The molecule has 4 heterocycles. The number of nitrogens with zero attached hydrogens (tertiary/aromatic N) is 6. The number of hydrogen-bond acceptors (Lipinski definition) is 7. The van der Waals surface area contributed by atoms with Gasteiger partial charge in [-0.1, -0.05) is 29.3 Å². The number of carbonyl (C=O) groups excluding carboxylic acids is 2. The van der Waals surface area contributed by atoms with Gasteiger partial charge in [-0.2, -0.15) is 0 Å². The van der Waals surface area contributed by atoms with Gasteiger partial charge in [0.15, 0.2) is 0 Å². The molecular formula is C26H29Cl2N7O2S.